The van der Waals surface area contributed by atoms with E-state index < -0.39 is 0 Å². The van der Waals surface area contributed by atoms with E-state index >= 15 is 0 Å². The van der Waals surface area contributed by atoms with Gasteiger partial charge in [-0.05, 0) is 36.5 Å². The van der Waals surface area contributed by atoms with E-state index in [0.717, 1.165) is 17.9 Å². The van der Waals surface area contributed by atoms with Gasteiger partial charge in [-0.15, -0.1) is 0 Å². The maximum absolute atomic E-state index is 5.93. The summed E-state index contributed by atoms with van der Waals surface area (Å²) in [4.78, 5) is 0. The largest absolute Gasteiger partial charge is 0.0840 e. The van der Waals surface area contributed by atoms with E-state index in [4.69, 9.17) is 11.6 Å². The van der Waals surface area contributed by atoms with Crippen LogP contribution < -0.4 is 0 Å². The van der Waals surface area contributed by atoms with Gasteiger partial charge in [0.15, 0.2) is 0 Å². The van der Waals surface area contributed by atoms with Crippen LogP contribution in [0, 0.1) is 6.42 Å². The molecule has 1 aliphatic rings. The van der Waals surface area contributed by atoms with Crippen LogP contribution in [0.1, 0.15) is 11.1 Å². The molecule has 1 heteroatoms. The van der Waals surface area contributed by atoms with Crippen LogP contribution in [0.25, 0.3) is 0 Å². The summed E-state index contributed by atoms with van der Waals surface area (Å²) in [6.45, 7) is 0. The van der Waals surface area contributed by atoms with Crippen LogP contribution in [0.3, 0.4) is 0 Å². The SMILES string of the molecule is Clc1cccc2c1C[C]C2. The van der Waals surface area contributed by atoms with E-state index in [1.807, 2.05) is 12.1 Å². The number of hydrogen-bond acceptors (Lipinski definition) is 0. The first-order valence-electron chi connectivity index (χ1n) is 3.35. The lowest BCUT2D eigenvalue weighted by atomic mass is 10.1. The molecule has 10 heavy (non-hydrogen) atoms. The first-order chi connectivity index (χ1) is 4.88. The molecule has 0 N–H and O–H groups in total. The molecule has 0 nitrogen and oxygen atoms in total. The number of rotatable bonds is 0. The Morgan fingerprint density at radius 1 is 1.30 bits per heavy atom. The van der Waals surface area contributed by atoms with E-state index in [9.17, 15) is 0 Å². The highest BCUT2D eigenvalue weighted by molar-refractivity contribution is 6.31. The normalized spacial score (nSPS) is 15.3. The highest BCUT2D eigenvalue weighted by Gasteiger charge is 2.12. The van der Waals surface area contributed by atoms with E-state index in [0.29, 0.717) is 0 Å². The molecule has 0 aromatic heterocycles. The minimum atomic E-state index is 0.891. The van der Waals surface area contributed by atoms with Crippen LogP contribution in [0.15, 0.2) is 18.2 Å². The zero-order valence-corrected chi connectivity index (χ0v) is 6.28. The Bertz CT molecular complexity index is 253. The van der Waals surface area contributed by atoms with Gasteiger partial charge in [-0.2, -0.15) is 0 Å². The average molecular weight is 151 g/mol. The molecule has 1 aromatic carbocycles. The summed E-state index contributed by atoms with van der Waals surface area (Å²) in [5, 5.41) is 0.891. The lowest BCUT2D eigenvalue weighted by molar-refractivity contribution is 1.17. The van der Waals surface area contributed by atoms with Crippen LogP contribution in [-0.2, 0) is 12.8 Å². The fourth-order valence-corrected chi connectivity index (χ4v) is 1.55. The molecule has 0 aliphatic heterocycles. The Hall–Kier alpha value is -0.490. The molecular weight excluding hydrogens is 144 g/mol. The van der Waals surface area contributed by atoms with Crippen LogP contribution >= 0.6 is 11.6 Å². The van der Waals surface area contributed by atoms with E-state index in [1.54, 1.807) is 0 Å². The second-order valence-corrected chi connectivity index (χ2v) is 2.89. The fraction of sp³-hybridized carbons (Fsp3) is 0.222. The summed E-state index contributed by atoms with van der Waals surface area (Å²) in [5.41, 5.74) is 2.61. The predicted molar refractivity (Wildman–Crippen MR) is 42.1 cm³/mol. The van der Waals surface area contributed by atoms with Crippen molar-refractivity contribution in [2.75, 3.05) is 0 Å². The molecule has 0 saturated carbocycles. The second kappa shape index (κ2) is 2.28. The second-order valence-electron chi connectivity index (χ2n) is 2.48. The van der Waals surface area contributed by atoms with Gasteiger partial charge in [-0.25, -0.2) is 0 Å². The zero-order chi connectivity index (χ0) is 6.97. The summed E-state index contributed by atoms with van der Waals surface area (Å²) in [6, 6.07) is 6.04. The summed E-state index contributed by atoms with van der Waals surface area (Å²) in [7, 11) is 0. The molecule has 0 saturated heterocycles. The lowest BCUT2D eigenvalue weighted by Gasteiger charge is -1.98. The van der Waals surface area contributed by atoms with Crippen molar-refractivity contribution in [3.63, 3.8) is 0 Å². The van der Waals surface area contributed by atoms with Gasteiger partial charge in [0.2, 0.25) is 0 Å². The van der Waals surface area contributed by atoms with Crippen molar-refractivity contribution in [2.45, 2.75) is 12.8 Å². The number of hydrogen-bond donors (Lipinski definition) is 0. The Morgan fingerprint density at radius 2 is 2.20 bits per heavy atom. The van der Waals surface area contributed by atoms with Gasteiger partial charge in [-0.1, -0.05) is 23.7 Å². The van der Waals surface area contributed by atoms with Gasteiger partial charge in [0.25, 0.3) is 0 Å². The topological polar surface area (TPSA) is 0 Å². The van der Waals surface area contributed by atoms with E-state index in [2.05, 4.69) is 12.5 Å². The zero-order valence-electron chi connectivity index (χ0n) is 5.52. The van der Waals surface area contributed by atoms with Crippen molar-refractivity contribution >= 4 is 11.6 Å². The first kappa shape index (κ1) is 6.23. The standard InChI is InChI=1S/C9H7Cl/c10-9-6-2-4-7-3-1-5-8(7)9/h2,4,6H,3,5H2. The molecule has 0 heterocycles. The van der Waals surface area contributed by atoms with E-state index in [1.165, 1.54) is 11.1 Å². The molecule has 50 valence electrons. The molecule has 0 amide bonds. The molecular formula is C9H7Cl. The maximum atomic E-state index is 5.93. The van der Waals surface area contributed by atoms with E-state index in [-0.39, 0.29) is 0 Å². The molecule has 0 spiro atoms. The van der Waals surface area contributed by atoms with Crippen molar-refractivity contribution in [3.8, 4) is 0 Å². The minimum Gasteiger partial charge on any atom is -0.0840 e. The number of halogens is 1. The maximum Gasteiger partial charge on any atom is 0.0440 e. The van der Waals surface area contributed by atoms with Crippen LogP contribution in [0.2, 0.25) is 5.02 Å². The predicted octanol–water partition coefficient (Wildman–Crippen LogP) is 2.52. The monoisotopic (exact) mass is 150 g/mol. The molecule has 0 atom stereocenters. The molecule has 2 radical (unpaired) electrons. The molecule has 2 rings (SSSR count). The summed E-state index contributed by atoms with van der Waals surface area (Å²) >= 11 is 5.93. The van der Waals surface area contributed by atoms with Gasteiger partial charge in [0.05, 0.1) is 0 Å². The quantitative estimate of drug-likeness (QED) is 0.533. The molecule has 0 bridgehead atoms. The van der Waals surface area contributed by atoms with Crippen molar-refractivity contribution in [1.29, 1.82) is 0 Å². The summed E-state index contributed by atoms with van der Waals surface area (Å²) in [6.07, 6.45) is 5.14. The lowest BCUT2D eigenvalue weighted by Crippen LogP contribution is -1.80. The van der Waals surface area contributed by atoms with Gasteiger partial charge < -0.3 is 0 Å². The van der Waals surface area contributed by atoms with Gasteiger partial charge in [0.1, 0.15) is 0 Å². The van der Waals surface area contributed by atoms with Crippen molar-refractivity contribution in [3.05, 3.63) is 40.8 Å². The Labute approximate surface area is 65.8 Å². The number of benzene rings is 1. The van der Waals surface area contributed by atoms with Gasteiger partial charge in [0, 0.05) is 5.02 Å². The molecule has 0 fully saturated rings. The molecule has 1 aromatic rings. The van der Waals surface area contributed by atoms with Gasteiger partial charge in [-0.3, -0.25) is 0 Å². The molecule has 1 aliphatic carbocycles. The third-order valence-electron chi connectivity index (χ3n) is 1.83. The van der Waals surface area contributed by atoms with Crippen molar-refractivity contribution < 1.29 is 0 Å². The van der Waals surface area contributed by atoms with Gasteiger partial charge >= 0.3 is 0 Å². The van der Waals surface area contributed by atoms with Crippen LogP contribution in [-0.4, -0.2) is 0 Å². The highest BCUT2D eigenvalue weighted by Crippen LogP contribution is 2.27. The molecule has 0 unspecified atom stereocenters. The van der Waals surface area contributed by atoms with Crippen LogP contribution in [0.4, 0.5) is 0 Å². The Balaban J connectivity index is 2.59. The third kappa shape index (κ3) is 0.836. The van der Waals surface area contributed by atoms with Crippen molar-refractivity contribution in [1.82, 2.24) is 0 Å². The highest BCUT2D eigenvalue weighted by atomic mass is 35.5. The minimum absolute atomic E-state index is 0.891. The average Bonchev–Trinajstić information content (AvgIpc) is 2.36. The Morgan fingerprint density at radius 3 is 3.00 bits per heavy atom. The Kier molecular flexibility index (Phi) is 1.42. The number of fused-ring (bicyclic) bond motifs is 1. The smallest absolute Gasteiger partial charge is 0.0440 e. The fourth-order valence-electron chi connectivity index (χ4n) is 1.29. The summed E-state index contributed by atoms with van der Waals surface area (Å²) in [5.74, 6) is 0. The van der Waals surface area contributed by atoms with Crippen molar-refractivity contribution in [2.24, 2.45) is 0 Å². The third-order valence-corrected chi connectivity index (χ3v) is 2.19. The summed E-state index contributed by atoms with van der Waals surface area (Å²) < 4.78 is 0. The first-order valence-corrected chi connectivity index (χ1v) is 3.73. The van der Waals surface area contributed by atoms with Crippen LogP contribution in [0.5, 0.6) is 0 Å².